The fourth-order valence-corrected chi connectivity index (χ4v) is 2.46. The standard InChI is InChI=1S/C11H16F2N2O2S/c1-2-9(14)5-6-15-18(16,17)11-4-3-8(12)7-10(11)13/h3-4,7,9,15H,2,5-6,14H2,1H3. The maximum absolute atomic E-state index is 13.3. The van der Waals surface area contributed by atoms with Gasteiger partial charge in [-0.25, -0.2) is 21.9 Å². The van der Waals surface area contributed by atoms with E-state index in [-0.39, 0.29) is 12.6 Å². The second-order valence-electron chi connectivity index (χ2n) is 3.93. The third kappa shape index (κ3) is 4.01. The van der Waals surface area contributed by atoms with E-state index in [1.54, 1.807) is 0 Å². The smallest absolute Gasteiger partial charge is 0.243 e. The van der Waals surface area contributed by atoms with Crippen molar-refractivity contribution < 1.29 is 17.2 Å². The molecule has 3 N–H and O–H groups in total. The topological polar surface area (TPSA) is 72.2 Å². The average Bonchev–Trinajstić information content (AvgIpc) is 2.27. The van der Waals surface area contributed by atoms with Crippen LogP contribution in [0.1, 0.15) is 19.8 Å². The third-order valence-electron chi connectivity index (χ3n) is 2.52. The summed E-state index contributed by atoms with van der Waals surface area (Å²) in [5.41, 5.74) is 5.63. The summed E-state index contributed by atoms with van der Waals surface area (Å²) in [4.78, 5) is -0.561. The number of rotatable bonds is 6. The highest BCUT2D eigenvalue weighted by molar-refractivity contribution is 7.89. The van der Waals surface area contributed by atoms with Gasteiger partial charge in [-0.15, -0.1) is 0 Å². The second kappa shape index (κ2) is 6.21. The maximum atomic E-state index is 13.3. The van der Waals surface area contributed by atoms with Crippen molar-refractivity contribution in [3.63, 3.8) is 0 Å². The molecule has 0 saturated heterocycles. The molecule has 0 spiro atoms. The predicted molar refractivity (Wildman–Crippen MR) is 64.4 cm³/mol. The number of nitrogens with two attached hydrogens (primary N) is 1. The Morgan fingerprint density at radius 2 is 2.06 bits per heavy atom. The Kier molecular flexibility index (Phi) is 5.18. The van der Waals surface area contributed by atoms with Gasteiger partial charge in [0, 0.05) is 18.7 Å². The van der Waals surface area contributed by atoms with Crippen LogP contribution < -0.4 is 10.5 Å². The zero-order valence-electron chi connectivity index (χ0n) is 9.99. The number of halogens is 2. The molecule has 18 heavy (non-hydrogen) atoms. The second-order valence-corrected chi connectivity index (χ2v) is 5.66. The molecule has 102 valence electrons. The molecule has 0 aromatic heterocycles. The number of hydrogen-bond donors (Lipinski definition) is 2. The van der Waals surface area contributed by atoms with Gasteiger partial charge in [-0.2, -0.15) is 0 Å². The van der Waals surface area contributed by atoms with Gasteiger partial charge < -0.3 is 5.73 Å². The lowest BCUT2D eigenvalue weighted by Gasteiger charge is -2.10. The minimum absolute atomic E-state index is 0.106. The Morgan fingerprint density at radius 3 is 2.61 bits per heavy atom. The van der Waals surface area contributed by atoms with Crippen LogP contribution in [-0.2, 0) is 10.0 Å². The Hall–Kier alpha value is -1.05. The van der Waals surface area contributed by atoms with Crippen LogP contribution >= 0.6 is 0 Å². The van der Waals surface area contributed by atoms with Gasteiger partial charge in [0.25, 0.3) is 0 Å². The van der Waals surface area contributed by atoms with Gasteiger partial charge in [0.1, 0.15) is 16.5 Å². The number of benzene rings is 1. The lowest BCUT2D eigenvalue weighted by atomic mass is 10.2. The van der Waals surface area contributed by atoms with Crippen LogP contribution in [-0.4, -0.2) is 21.0 Å². The third-order valence-corrected chi connectivity index (χ3v) is 4.01. The molecule has 1 aromatic carbocycles. The Bertz CT molecular complexity index is 506. The van der Waals surface area contributed by atoms with Crippen molar-refractivity contribution in [2.24, 2.45) is 5.73 Å². The van der Waals surface area contributed by atoms with Crippen molar-refractivity contribution in [2.75, 3.05) is 6.54 Å². The van der Waals surface area contributed by atoms with Crippen LogP contribution in [0.3, 0.4) is 0 Å². The molecule has 1 aromatic rings. The van der Waals surface area contributed by atoms with Gasteiger partial charge in [0.05, 0.1) is 0 Å². The van der Waals surface area contributed by atoms with Gasteiger partial charge in [-0.3, -0.25) is 0 Å². The summed E-state index contributed by atoms with van der Waals surface area (Å²) >= 11 is 0. The van der Waals surface area contributed by atoms with E-state index in [1.807, 2.05) is 6.92 Å². The number of nitrogens with one attached hydrogen (secondary N) is 1. The van der Waals surface area contributed by atoms with E-state index in [0.29, 0.717) is 12.5 Å². The minimum atomic E-state index is -3.96. The molecule has 1 unspecified atom stereocenters. The Labute approximate surface area is 105 Å². The van der Waals surface area contributed by atoms with Crippen molar-refractivity contribution in [2.45, 2.75) is 30.7 Å². The first-order chi connectivity index (χ1) is 8.36. The zero-order chi connectivity index (χ0) is 13.8. The van der Waals surface area contributed by atoms with Crippen LogP contribution in [0.2, 0.25) is 0 Å². The van der Waals surface area contributed by atoms with E-state index in [9.17, 15) is 17.2 Å². The highest BCUT2D eigenvalue weighted by Crippen LogP contribution is 2.15. The van der Waals surface area contributed by atoms with Gasteiger partial charge >= 0.3 is 0 Å². The summed E-state index contributed by atoms with van der Waals surface area (Å²) in [6.07, 6.45) is 1.19. The largest absolute Gasteiger partial charge is 0.328 e. The summed E-state index contributed by atoms with van der Waals surface area (Å²) in [7, 11) is -3.96. The molecule has 1 atom stereocenters. The normalized spacial score (nSPS) is 13.6. The average molecular weight is 278 g/mol. The molecule has 0 aliphatic carbocycles. The molecule has 0 aliphatic rings. The SMILES string of the molecule is CCC(N)CCNS(=O)(=O)c1ccc(F)cc1F. The van der Waals surface area contributed by atoms with E-state index in [2.05, 4.69) is 4.72 Å². The Morgan fingerprint density at radius 1 is 1.39 bits per heavy atom. The molecule has 0 radical (unpaired) electrons. The summed E-state index contributed by atoms with van der Waals surface area (Å²) in [6.45, 7) is 2.01. The van der Waals surface area contributed by atoms with Crippen LogP contribution in [0.4, 0.5) is 8.78 Å². The highest BCUT2D eigenvalue weighted by Gasteiger charge is 2.19. The molecular formula is C11H16F2N2O2S. The van der Waals surface area contributed by atoms with Gasteiger partial charge in [-0.1, -0.05) is 6.92 Å². The fraction of sp³-hybridized carbons (Fsp3) is 0.455. The number of hydrogen-bond acceptors (Lipinski definition) is 3. The van der Waals surface area contributed by atoms with E-state index >= 15 is 0 Å². The van der Waals surface area contributed by atoms with Crippen molar-refractivity contribution in [1.29, 1.82) is 0 Å². The fourth-order valence-electron chi connectivity index (χ4n) is 1.35. The van der Waals surface area contributed by atoms with Gasteiger partial charge in [0.15, 0.2) is 0 Å². The van der Waals surface area contributed by atoms with E-state index in [4.69, 9.17) is 5.73 Å². The lowest BCUT2D eigenvalue weighted by Crippen LogP contribution is -2.30. The summed E-state index contributed by atoms with van der Waals surface area (Å²) in [6, 6.07) is 2.22. The molecule has 7 heteroatoms. The Balaban J connectivity index is 2.74. The summed E-state index contributed by atoms with van der Waals surface area (Å²) in [5, 5.41) is 0. The van der Waals surface area contributed by atoms with Crippen molar-refractivity contribution >= 4 is 10.0 Å². The molecular weight excluding hydrogens is 262 g/mol. The van der Waals surface area contributed by atoms with Crippen LogP contribution in [0.5, 0.6) is 0 Å². The van der Waals surface area contributed by atoms with Crippen LogP contribution in [0.15, 0.2) is 23.1 Å². The molecule has 0 aliphatic heterocycles. The minimum Gasteiger partial charge on any atom is -0.328 e. The predicted octanol–water partition coefficient (Wildman–Crippen LogP) is 1.37. The van der Waals surface area contributed by atoms with Crippen molar-refractivity contribution in [3.8, 4) is 0 Å². The monoisotopic (exact) mass is 278 g/mol. The first-order valence-electron chi connectivity index (χ1n) is 5.57. The van der Waals surface area contributed by atoms with E-state index < -0.39 is 26.6 Å². The molecule has 0 saturated carbocycles. The summed E-state index contributed by atoms with van der Waals surface area (Å²) in [5.74, 6) is -1.93. The molecule has 4 nitrogen and oxygen atoms in total. The lowest BCUT2D eigenvalue weighted by molar-refractivity contribution is 0.536. The van der Waals surface area contributed by atoms with E-state index in [1.165, 1.54) is 0 Å². The van der Waals surface area contributed by atoms with Gasteiger partial charge in [-0.05, 0) is 25.0 Å². The number of sulfonamides is 1. The molecule has 0 fully saturated rings. The molecule has 0 amide bonds. The molecule has 0 heterocycles. The quantitative estimate of drug-likeness (QED) is 0.825. The first kappa shape index (κ1) is 15.0. The molecule has 1 rings (SSSR count). The van der Waals surface area contributed by atoms with Gasteiger partial charge in [0.2, 0.25) is 10.0 Å². The highest BCUT2D eigenvalue weighted by atomic mass is 32.2. The van der Waals surface area contributed by atoms with Crippen LogP contribution in [0.25, 0.3) is 0 Å². The zero-order valence-corrected chi connectivity index (χ0v) is 10.8. The molecule has 0 bridgehead atoms. The van der Waals surface area contributed by atoms with E-state index in [0.717, 1.165) is 18.6 Å². The van der Waals surface area contributed by atoms with Crippen molar-refractivity contribution in [1.82, 2.24) is 4.72 Å². The summed E-state index contributed by atoms with van der Waals surface area (Å²) < 4.78 is 51.7. The first-order valence-corrected chi connectivity index (χ1v) is 7.05. The van der Waals surface area contributed by atoms with Crippen LogP contribution in [0, 0.1) is 11.6 Å². The van der Waals surface area contributed by atoms with Crippen molar-refractivity contribution in [3.05, 3.63) is 29.8 Å². The maximum Gasteiger partial charge on any atom is 0.243 e.